The van der Waals surface area contributed by atoms with Gasteiger partial charge in [0.05, 0.1) is 0 Å². The second-order valence-corrected chi connectivity index (χ2v) is 7.47. The zero-order valence-corrected chi connectivity index (χ0v) is 19.7. The first-order valence-corrected chi connectivity index (χ1v) is 10.8. The summed E-state index contributed by atoms with van der Waals surface area (Å²) in [5.41, 5.74) is 14.0. The maximum absolute atomic E-state index is 12.4. The van der Waals surface area contributed by atoms with Crippen LogP contribution in [0.15, 0.2) is 65.7 Å². The maximum Gasteiger partial charge on any atom is 0.360 e. The summed E-state index contributed by atoms with van der Waals surface area (Å²) in [5.74, 6) is 4.42. The lowest BCUT2D eigenvalue weighted by Crippen LogP contribution is -2.85. The molecule has 10 N–H and O–H groups in total. The highest BCUT2D eigenvalue weighted by atomic mass is 16.3. The topological polar surface area (TPSA) is 181 Å². The molecule has 11 heteroatoms. The summed E-state index contributed by atoms with van der Waals surface area (Å²) in [7, 11) is 1.64. The number of aliphatic hydroxyl groups is 1. The summed E-state index contributed by atoms with van der Waals surface area (Å²) in [6.45, 7) is 1.59. The maximum atomic E-state index is 12.4. The van der Waals surface area contributed by atoms with Crippen LogP contribution in [0.25, 0.3) is 10.8 Å². The van der Waals surface area contributed by atoms with E-state index < -0.39 is 18.2 Å². The average Bonchev–Trinajstić information content (AvgIpc) is 2.84. The molecule has 0 radical (unpaired) electrons. The van der Waals surface area contributed by atoms with Gasteiger partial charge >= 0.3 is 12.0 Å². The highest BCUT2D eigenvalue weighted by molar-refractivity contribution is 6.09. The number of nitrogens with one attached hydrogen (secondary N) is 5. The van der Waals surface area contributed by atoms with Gasteiger partial charge in [-0.2, -0.15) is 0 Å². The van der Waals surface area contributed by atoms with Crippen molar-refractivity contribution >= 4 is 51.7 Å². The number of aliphatic hydroxyl groups excluding tert-OH is 1. The molecule has 0 spiro atoms. The van der Waals surface area contributed by atoms with E-state index in [1.807, 2.05) is 6.07 Å². The number of aliphatic imine (C=N–C) groups is 1. The van der Waals surface area contributed by atoms with Crippen LogP contribution >= 0.6 is 0 Å². The number of rotatable bonds is 5. The summed E-state index contributed by atoms with van der Waals surface area (Å²) in [6, 6.07) is 16.8. The van der Waals surface area contributed by atoms with Gasteiger partial charge in [0.1, 0.15) is 11.9 Å². The molecule has 0 saturated heterocycles. The van der Waals surface area contributed by atoms with Crippen LogP contribution in [0.1, 0.15) is 18.7 Å². The Bertz CT molecular complexity index is 1390. The van der Waals surface area contributed by atoms with Crippen molar-refractivity contribution in [1.82, 2.24) is 10.6 Å². The fourth-order valence-electron chi connectivity index (χ4n) is 3.26. The highest BCUT2D eigenvalue weighted by Crippen LogP contribution is 2.26. The second kappa shape index (κ2) is 12.0. The Morgan fingerprint density at radius 1 is 1.06 bits per heavy atom. The van der Waals surface area contributed by atoms with Crippen molar-refractivity contribution in [3.8, 4) is 11.8 Å². The fourth-order valence-corrected chi connectivity index (χ4v) is 3.26. The molecule has 1 unspecified atom stereocenters. The lowest BCUT2D eigenvalue weighted by molar-refractivity contribution is -0.321. The number of urea groups is 1. The number of fused-ring (bicyclic) bond motifs is 1. The first kappa shape index (κ1) is 25.7. The summed E-state index contributed by atoms with van der Waals surface area (Å²) in [5, 5.41) is 21.9. The van der Waals surface area contributed by atoms with Crippen molar-refractivity contribution in [2.75, 3.05) is 17.7 Å². The zero-order valence-electron chi connectivity index (χ0n) is 19.7. The van der Waals surface area contributed by atoms with Crippen molar-refractivity contribution in [3.05, 3.63) is 66.2 Å². The SMILES string of the molecule is CC#CC(=O)Nc1cccc2cc(NC(=O)N/C(N)=[NH+]\C(N)=Nc3ccc(C(O)NC)cc3)ccc12. The van der Waals surface area contributed by atoms with Gasteiger partial charge in [-0.15, -0.1) is 4.99 Å². The Labute approximate surface area is 207 Å². The molecule has 184 valence electrons. The molecule has 0 bridgehead atoms. The predicted molar refractivity (Wildman–Crippen MR) is 140 cm³/mol. The minimum absolute atomic E-state index is 0.0391. The molecule has 36 heavy (non-hydrogen) atoms. The number of hydrogen-bond acceptors (Lipinski definition) is 5. The molecule has 0 heterocycles. The van der Waals surface area contributed by atoms with E-state index in [2.05, 4.69) is 43.1 Å². The van der Waals surface area contributed by atoms with Gasteiger partial charge < -0.3 is 21.9 Å². The highest BCUT2D eigenvalue weighted by Gasteiger charge is 2.10. The summed E-state index contributed by atoms with van der Waals surface area (Å²) >= 11 is 0. The number of hydrogen-bond donors (Lipinski definition) is 8. The van der Waals surface area contributed by atoms with Gasteiger partial charge in [-0.25, -0.2) is 15.1 Å². The Morgan fingerprint density at radius 2 is 1.81 bits per heavy atom. The normalized spacial score (nSPS) is 12.3. The number of nitrogens with zero attached hydrogens (tertiary/aromatic N) is 1. The Kier molecular flexibility index (Phi) is 8.55. The van der Waals surface area contributed by atoms with Crippen LogP contribution in [-0.2, 0) is 4.79 Å². The van der Waals surface area contributed by atoms with Gasteiger partial charge in [0.15, 0.2) is 0 Å². The van der Waals surface area contributed by atoms with E-state index in [0.717, 1.165) is 10.8 Å². The van der Waals surface area contributed by atoms with Crippen LogP contribution in [-0.4, -0.2) is 36.0 Å². The van der Waals surface area contributed by atoms with E-state index in [4.69, 9.17) is 11.5 Å². The van der Waals surface area contributed by atoms with Crippen LogP contribution in [0.4, 0.5) is 21.9 Å². The standard InChI is InChI=1S/C25H26N8O3/c1-3-5-21(34)31-20-7-4-6-16-14-18(12-13-19(16)20)30-25(36)33-24(27)32-23(26)29-17-10-8-15(9-11-17)22(35)28-2/h4,6-14,22,28,35H,1-2H3,(H,31,34)(H6,26,27,29,30,32,33,36)/p+1. The molecular formula is C25H27N8O3+. The molecule has 0 saturated carbocycles. The number of nitrogens with two attached hydrogens (primary N) is 2. The molecule has 0 aliphatic rings. The molecule has 0 aliphatic heterocycles. The lowest BCUT2D eigenvalue weighted by atomic mass is 10.1. The number of amides is 3. The number of guanidine groups is 2. The average molecular weight is 488 g/mol. The van der Waals surface area contributed by atoms with Gasteiger partial charge in [0.2, 0.25) is 0 Å². The molecule has 3 aromatic carbocycles. The quantitative estimate of drug-likeness (QED) is 0.110. The number of carbonyl (C=O) groups excluding carboxylic acids is 2. The van der Waals surface area contributed by atoms with E-state index in [1.165, 1.54) is 0 Å². The third-order valence-electron chi connectivity index (χ3n) is 4.87. The van der Waals surface area contributed by atoms with Crippen LogP contribution < -0.4 is 37.7 Å². The molecule has 0 aromatic heterocycles. The molecule has 3 rings (SSSR count). The van der Waals surface area contributed by atoms with Crippen molar-refractivity contribution in [2.24, 2.45) is 16.5 Å². The third-order valence-corrected chi connectivity index (χ3v) is 4.87. The lowest BCUT2D eigenvalue weighted by Gasteiger charge is -2.09. The third kappa shape index (κ3) is 7.04. The summed E-state index contributed by atoms with van der Waals surface area (Å²) < 4.78 is 0. The summed E-state index contributed by atoms with van der Waals surface area (Å²) in [6.07, 6.45) is -0.781. The minimum atomic E-state index is -0.781. The molecule has 11 nitrogen and oxygen atoms in total. The summed E-state index contributed by atoms with van der Waals surface area (Å²) in [4.78, 5) is 30.9. The Morgan fingerprint density at radius 3 is 2.50 bits per heavy atom. The van der Waals surface area contributed by atoms with Gasteiger partial charge in [0, 0.05) is 16.8 Å². The largest absolute Gasteiger partial charge is 0.374 e. The first-order chi connectivity index (χ1) is 17.3. The van der Waals surface area contributed by atoms with Crippen molar-refractivity contribution in [1.29, 1.82) is 0 Å². The van der Waals surface area contributed by atoms with Crippen LogP contribution in [0.5, 0.6) is 0 Å². The Hall–Kier alpha value is -4.92. The van der Waals surface area contributed by atoms with Gasteiger partial charge in [-0.05, 0) is 61.2 Å². The van der Waals surface area contributed by atoms with Gasteiger partial charge in [-0.3, -0.25) is 15.4 Å². The van der Waals surface area contributed by atoms with Crippen LogP contribution in [0.3, 0.4) is 0 Å². The second-order valence-electron chi connectivity index (χ2n) is 7.47. The van der Waals surface area contributed by atoms with Crippen LogP contribution in [0, 0.1) is 11.8 Å². The van der Waals surface area contributed by atoms with E-state index >= 15 is 0 Å². The van der Waals surface area contributed by atoms with E-state index in [0.29, 0.717) is 22.6 Å². The molecule has 0 fully saturated rings. The number of benzene rings is 3. The van der Waals surface area contributed by atoms with Gasteiger partial charge in [0.25, 0.3) is 11.9 Å². The van der Waals surface area contributed by atoms with Gasteiger partial charge in [-0.1, -0.05) is 36.3 Å². The smallest absolute Gasteiger partial charge is 0.360 e. The van der Waals surface area contributed by atoms with E-state index in [-0.39, 0.29) is 11.9 Å². The van der Waals surface area contributed by atoms with Crippen molar-refractivity contribution in [2.45, 2.75) is 13.2 Å². The predicted octanol–water partition coefficient (Wildman–Crippen LogP) is 0.175. The molecule has 3 aromatic rings. The molecule has 1 atom stereocenters. The fraction of sp³-hybridized carbons (Fsp3) is 0.120. The number of anilines is 2. The van der Waals surface area contributed by atoms with Crippen molar-refractivity contribution in [3.63, 3.8) is 0 Å². The van der Waals surface area contributed by atoms with Crippen molar-refractivity contribution < 1.29 is 19.7 Å². The molecular weight excluding hydrogens is 460 g/mol. The molecule has 3 amide bonds. The first-order valence-electron chi connectivity index (χ1n) is 10.8. The number of carbonyl (C=O) groups is 2. The van der Waals surface area contributed by atoms with E-state index in [1.54, 1.807) is 68.6 Å². The Balaban J connectivity index is 1.64. The van der Waals surface area contributed by atoms with E-state index in [9.17, 15) is 14.7 Å². The monoisotopic (exact) mass is 487 g/mol. The zero-order chi connectivity index (χ0) is 26.1. The minimum Gasteiger partial charge on any atom is -0.374 e. The van der Waals surface area contributed by atoms with Crippen LogP contribution in [0.2, 0.25) is 0 Å². The molecule has 0 aliphatic carbocycles.